The van der Waals surface area contributed by atoms with Crippen LogP contribution in [-0.2, 0) is 10.2 Å². The first kappa shape index (κ1) is 16.0. The molecular formula is C17H26N2O2. The standard InChI is InChI=1S/C17H26N2O2/c1-11(19-16(21)15-9-14(20)10-18-15)12-5-7-13(8-6-12)17(2,3)4/h5-8,11,14-15,18,20H,9-10H2,1-4H3,(H,19,21). The molecule has 0 saturated carbocycles. The molecule has 3 unspecified atom stereocenters. The lowest BCUT2D eigenvalue weighted by Crippen LogP contribution is -2.41. The first-order valence-electron chi connectivity index (χ1n) is 7.59. The minimum atomic E-state index is -0.415. The number of amides is 1. The fraction of sp³-hybridized carbons (Fsp3) is 0.588. The Morgan fingerprint density at radius 2 is 1.95 bits per heavy atom. The van der Waals surface area contributed by atoms with E-state index in [-0.39, 0.29) is 23.4 Å². The second kappa shape index (κ2) is 6.16. The molecule has 0 aromatic heterocycles. The zero-order chi connectivity index (χ0) is 15.6. The van der Waals surface area contributed by atoms with Crippen LogP contribution in [0.3, 0.4) is 0 Å². The number of benzene rings is 1. The molecule has 0 bridgehead atoms. The lowest BCUT2D eigenvalue weighted by Gasteiger charge is -2.21. The van der Waals surface area contributed by atoms with E-state index in [1.807, 2.05) is 6.92 Å². The van der Waals surface area contributed by atoms with Crippen LogP contribution in [0.1, 0.15) is 51.3 Å². The van der Waals surface area contributed by atoms with E-state index in [1.165, 1.54) is 5.56 Å². The highest BCUT2D eigenvalue weighted by Gasteiger charge is 2.28. The largest absolute Gasteiger partial charge is 0.392 e. The van der Waals surface area contributed by atoms with Gasteiger partial charge in [-0.05, 0) is 29.9 Å². The lowest BCUT2D eigenvalue weighted by molar-refractivity contribution is -0.123. The molecule has 1 aromatic carbocycles. The number of hydrogen-bond acceptors (Lipinski definition) is 3. The molecule has 0 aliphatic carbocycles. The minimum Gasteiger partial charge on any atom is -0.392 e. The Hall–Kier alpha value is -1.39. The van der Waals surface area contributed by atoms with Crippen LogP contribution < -0.4 is 10.6 Å². The van der Waals surface area contributed by atoms with Crippen molar-refractivity contribution < 1.29 is 9.90 Å². The monoisotopic (exact) mass is 290 g/mol. The molecule has 1 aromatic rings. The van der Waals surface area contributed by atoms with Crippen LogP contribution in [0.5, 0.6) is 0 Å². The molecular weight excluding hydrogens is 264 g/mol. The number of nitrogens with one attached hydrogen (secondary N) is 2. The lowest BCUT2D eigenvalue weighted by atomic mass is 9.86. The van der Waals surface area contributed by atoms with E-state index < -0.39 is 6.10 Å². The van der Waals surface area contributed by atoms with Crippen LogP contribution in [0.4, 0.5) is 0 Å². The van der Waals surface area contributed by atoms with Gasteiger partial charge in [0.25, 0.3) is 0 Å². The van der Waals surface area contributed by atoms with Crippen molar-refractivity contribution in [2.75, 3.05) is 6.54 Å². The predicted octanol–water partition coefficient (Wildman–Crippen LogP) is 1.88. The summed E-state index contributed by atoms with van der Waals surface area (Å²) >= 11 is 0. The normalized spacial score (nSPS) is 23.9. The van der Waals surface area contributed by atoms with Crippen molar-refractivity contribution in [1.82, 2.24) is 10.6 Å². The summed E-state index contributed by atoms with van der Waals surface area (Å²) in [5, 5.41) is 15.5. The Kier molecular flexibility index (Phi) is 4.69. The summed E-state index contributed by atoms with van der Waals surface area (Å²) in [5.74, 6) is -0.0426. The summed E-state index contributed by atoms with van der Waals surface area (Å²) in [6, 6.07) is 8.07. The van der Waals surface area contributed by atoms with Crippen molar-refractivity contribution in [1.29, 1.82) is 0 Å². The molecule has 4 nitrogen and oxygen atoms in total. The maximum atomic E-state index is 12.1. The molecule has 1 aliphatic heterocycles. The van der Waals surface area contributed by atoms with E-state index in [2.05, 4.69) is 55.7 Å². The van der Waals surface area contributed by atoms with Crippen LogP contribution in [0.2, 0.25) is 0 Å². The van der Waals surface area contributed by atoms with Gasteiger partial charge in [-0.3, -0.25) is 4.79 Å². The van der Waals surface area contributed by atoms with Crippen LogP contribution >= 0.6 is 0 Å². The van der Waals surface area contributed by atoms with Gasteiger partial charge >= 0.3 is 0 Å². The van der Waals surface area contributed by atoms with Crippen molar-refractivity contribution in [3.05, 3.63) is 35.4 Å². The van der Waals surface area contributed by atoms with Crippen molar-refractivity contribution in [2.24, 2.45) is 0 Å². The summed E-state index contributed by atoms with van der Waals surface area (Å²) in [6.45, 7) is 9.03. The van der Waals surface area contributed by atoms with Gasteiger partial charge in [0, 0.05) is 6.54 Å². The van der Waals surface area contributed by atoms with Crippen LogP contribution in [-0.4, -0.2) is 29.7 Å². The van der Waals surface area contributed by atoms with Crippen LogP contribution in [0.25, 0.3) is 0 Å². The van der Waals surface area contributed by atoms with Crippen LogP contribution in [0.15, 0.2) is 24.3 Å². The number of aliphatic hydroxyl groups excluding tert-OH is 1. The highest BCUT2D eigenvalue weighted by atomic mass is 16.3. The quantitative estimate of drug-likeness (QED) is 0.796. The molecule has 116 valence electrons. The molecule has 1 fully saturated rings. The molecule has 21 heavy (non-hydrogen) atoms. The molecule has 1 amide bonds. The maximum Gasteiger partial charge on any atom is 0.237 e. The summed E-state index contributed by atoms with van der Waals surface area (Å²) in [7, 11) is 0. The Bertz CT molecular complexity index is 491. The van der Waals surface area contributed by atoms with Crippen molar-refractivity contribution in [3.8, 4) is 0 Å². The molecule has 2 rings (SSSR count). The number of carbonyl (C=O) groups excluding carboxylic acids is 1. The first-order chi connectivity index (χ1) is 9.77. The highest BCUT2D eigenvalue weighted by molar-refractivity contribution is 5.82. The molecule has 0 spiro atoms. The van der Waals surface area contributed by atoms with Crippen molar-refractivity contribution in [2.45, 2.75) is 57.7 Å². The summed E-state index contributed by atoms with van der Waals surface area (Å²) in [5.41, 5.74) is 2.51. The summed E-state index contributed by atoms with van der Waals surface area (Å²) in [6.07, 6.45) is 0.0729. The molecule has 4 heteroatoms. The van der Waals surface area contributed by atoms with Crippen molar-refractivity contribution in [3.63, 3.8) is 0 Å². The van der Waals surface area contributed by atoms with Gasteiger partial charge in [0.05, 0.1) is 18.2 Å². The van der Waals surface area contributed by atoms with Gasteiger partial charge in [-0.15, -0.1) is 0 Å². The van der Waals surface area contributed by atoms with E-state index in [9.17, 15) is 9.90 Å². The van der Waals surface area contributed by atoms with Gasteiger partial charge in [0.1, 0.15) is 0 Å². The second-order valence-electron chi connectivity index (χ2n) is 6.95. The SMILES string of the molecule is CC(NC(=O)C1CC(O)CN1)c1ccc(C(C)(C)C)cc1. The fourth-order valence-corrected chi connectivity index (χ4v) is 2.59. The number of β-amino-alcohol motifs (C(OH)–C–C–N with tert-alkyl or cyclic N) is 1. The van der Waals surface area contributed by atoms with Crippen LogP contribution in [0, 0.1) is 0 Å². The second-order valence-corrected chi connectivity index (χ2v) is 6.95. The van der Waals surface area contributed by atoms with Gasteiger partial charge in [-0.2, -0.15) is 0 Å². The Balaban J connectivity index is 1.97. The van der Waals surface area contributed by atoms with Gasteiger partial charge in [-0.25, -0.2) is 0 Å². The van der Waals surface area contributed by atoms with E-state index in [4.69, 9.17) is 0 Å². The number of carbonyl (C=O) groups is 1. The van der Waals surface area contributed by atoms with Gasteiger partial charge in [0.2, 0.25) is 5.91 Å². The Labute approximate surface area is 126 Å². The maximum absolute atomic E-state index is 12.1. The molecule has 3 atom stereocenters. The third-order valence-corrected chi connectivity index (χ3v) is 4.06. The molecule has 1 saturated heterocycles. The Morgan fingerprint density at radius 3 is 2.43 bits per heavy atom. The smallest absolute Gasteiger partial charge is 0.237 e. The topological polar surface area (TPSA) is 61.4 Å². The number of aliphatic hydroxyl groups is 1. The molecule has 1 aliphatic rings. The van der Waals surface area contributed by atoms with Gasteiger partial charge in [0.15, 0.2) is 0 Å². The van der Waals surface area contributed by atoms with Crippen molar-refractivity contribution >= 4 is 5.91 Å². The number of rotatable bonds is 3. The predicted molar refractivity (Wildman–Crippen MR) is 84.1 cm³/mol. The van der Waals surface area contributed by atoms with Gasteiger partial charge in [-0.1, -0.05) is 45.0 Å². The van der Waals surface area contributed by atoms with E-state index in [0.29, 0.717) is 13.0 Å². The minimum absolute atomic E-state index is 0.0361. The summed E-state index contributed by atoms with van der Waals surface area (Å²) < 4.78 is 0. The van der Waals surface area contributed by atoms with Gasteiger partial charge < -0.3 is 15.7 Å². The zero-order valence-corrected chi connectivity index (χ0v) is 13.3. The molecule has 1 heterocycles. The number of hydrogen-bond donors (Lipinski definition) is 3. The van der Waals surface area contributed by atoms with E-state index in [0.717, 1.165) is 5.56 Å². The average Bonchev–Trinajstić information content (AvgIpc) is 2.84. The molecule has 3 N–H and O–H groups in total. The van der Waals surface area contributed by atoms with E-state index >= 15 is 0 Å². The zero-order valence-electron chi connectivity index (χ0n) is 13.3. The fourth-order valence-electron chi connectivity index (χ4n) is 2.59. The summed E-state index contributed by atoms with van der Waals surface area (Å²) in [4.78, 5) is 12.1. The Morgan fingerprint density at radius 1 is 1.33 bits per heavy atom. The van der Waals surface area contributed by atoms with E-state index in [1.54, 1.807) is 0 Å². The molecule has 0 radical (unpaired) electrons. The third kappa shape index (κ3) is 4.05. The third-order valence-electron chi connectivity index (χ3n) is 4.06. The highest BCUT2D eigenvalue weighted by Crippen LogP contribution is 2.24. The average molecular weight is 290 g/mol. The first-order valence-corrected chi connectivity index (χ1v) is 7.59.